The maximum absolute atomic E-state index is 5.12. The van der Waals surface area contributed by atoms with Crippen LogP contribution in [0.3, 0.4) is 0 Å². The number of hydrogen-bond donors (Lipinski definition) is 0. The average Bonchev–Trinajstić information content (AvgIpc) is 3.43. The minimum atomic E-state index is 0.676. The molecule has 1 aliphatic heterocycles. The van der Waals surface area contributed by atoms with Gasteiger partial charge in [0.1, 0.15) is 0 Å². The van der Waals surface area contributed by atoms with Crippen LogP contribution in [0.5, 0.6) is 11.5 Å². The molecule has 9 aromatic rings. The second-order valence-corrected chi connectivity index (χ2v) is 13.0. The zero-order chi connectivity index (χ0) is 34.4. The van der Waals surface area contributed by atoms with E-state index in [0.717, 1.165) is 78.8 Å². The Morgan fingerprint density at radius 3 is 1.96 bits per heavy atom. The number of aromatic hydroxyl groups is 2. The van der Waals surface area contributed by atoms with Gasteiger partial charge in [-0.05, 0) is 90.0 Å². The molecular weight excluding hydrogens is 637 g/mol. The molecule has 0 unspecified atom stereocenters. The molecule has 0 radical (unpaired) electrons. The highest BCUT2D eigenvalue weighted by Gasteiger charge is 2.24. The Balaban J connectivity index is 1.11. The second kappa shape index (κ2) is 12.3. The summed E-state index contributed by atoms with van der Waals surface area (Å²) in [5.41, 5.74) is 10.8. The van der Waals surface area contributed by atoms with Gasteiger partial charge in [0.15, 0.2) is 0 Å². The molecule has 0 amide bonds. The van der Waals surface area contributed by atoms with Crippen LogP contribution < -0.4 is 4.98 Å². The molecule has 0 bridgehead atoms. The van der Waals surface area contributed by atoms with E-state index >= 15 is 0 Å². The molecule has 244 valence electrons. The minimum absolute atomic E-state index is 0.676. The second-order valence-electron chi connectivity index (χ2n) is 13.0. The summed E-state index contributed by atoms with van der Waals surface area (Å²) in [7, 11) is 0. The van der Waals surface area contributed by atoms with E-state index in [9.17, 15) is 0 Å². The Hall–Kier alpha value is -7.11. The standard InChI is InChI=1S/C47H30N4O/c1-3-14-32(15-4-1)45-48-46(33-16-5-2-6-17-33)50-47(49-45)36-20-11-18-34(29-36)35-19-12-21-37(30-35)51-41-23-9-8-22-38(41)39-27-28-43-40(44(39)51)26-25-31-13-7-10-24-42(31)52-43/h1-30H/p+2. The van der Waals surface area contributed by atoms with Crippen molar-refractivity contribution < 1.29 is 9.72 Å². The Kier molecular flexibility index (Phi) is 7.07. The molecule has 7 aromatic carbocycles. The number of H-pyrrole nitrogens is 1. The Morgan fingerprint density at radius 1 is 0.462 bits per heavy atom. The van der Waals surface area contributed by atoms with Gasteiger partial charge in [0, 0.05) is 28.6 Å². The first-order valence-electron chi connectivity index (χ1n) is 17.5. The topological polar surface area (TPSA) is 57.7 Å². The van der Waals surface area contributed by atoms with E-state index in [2.05, 4.69) is 137 Å². The summed E-state index contributed by atoms with van der Waals surface area (Å²) in [6, 6.07) is 59.1. The molecule has 0 saturated carbocycles. The number of rotatable bonds is 5. The summed E-state index contributed by atoms with van der Waals surface area (Å²) in [6.07, 6.45) is 4.41. The first-order valence-corrected chi connectivity index (χ1v) is 17.5. The summed E-state index contributed by atoms with van der Waals surface area (Å²) in [6.45, 7) is 0. The summed E-state index contributed by atoms with van der Waals surface area (Å²) in [5, 5.41) is 2.42. The fourth-order valence-electron chi connectivity index (χ4n) is 7.30. The van der Waals surface area contributed by atoms with Gasteiger partial charge in [0.25, 0.3) is 23.1 Å². The Labute approximate surface area is 300 Å². The maximum atomic E-state index is 5.12. The molecular formula is C47H32N4O+2. The van der Waals surface area contributed by atoms with Crippen LogP contribution >= 0.6 is 0 Å². The van der Waals surface area contributed by atoms with E-state index in [1.54, 1.807) is 0 Å². The van der Waals surface area contributed by atoms with Crippen LogP contribution in [0.2, 0.25) is 0 Å². The number of benzene rings is 7. The first-order chi connectivity index (χ1) is 25.8. The molecule has 2 aromatic heterocycles. The zero-order valence-electron chi connectivity index (χ0n) is 28.1. The molecule has 10 rings (SSSR count). The number of para-hydroxylation sites is 2. The molecule has 0 atom stereocenters. The summed E-state index contributed by atoms with van der Waals surface area (Å²) >= 11 is 0. The van der Waals surface area contributed by atoms with Crippen molar-refractivity contribution in [2.24, 2.45) is 0 Å². The summed E-state index contributed by atoms with van der Waals surface area (Å²) in [5.74, 6) is 4.15. The van der Waals surface area contributed by atoms with Gasteiger partial charge in [-0.1, -0.05) is 101 Å². The summed E-state index contributed by atoms with van der Waals surface area (Å²) in [4.78, 5) is 13.5. The van der Waals surface area contributed by atoms with Crippen molar-refractivity contribution in [3.05, 3.63) is 181 Å². The third kappa shape index (κ3) is 5.15. The van der Waals surface area contributed by atoms with Crippen LogP contribution in [0, 0.1) is 0 Å². The molecule has 0 spiro atoms. The van der Waals surface area contributed by atoms with Crippen LogP contribution in [0.1, 0.15) is 11.1 Å². The van der Waals surface area contributed by atoms with Crippen molar-refractivity contribution in [3.63, 3.8) is 0 Å². The Morgan fingerprint density at radius 2 is 1.12 bits per heavy atom. The van der Waals surface area contributed by atoms with Gasteiger partial charge in [0.2, 0.25) is 0 Å². The third-order valence-electron chi connectivity index (χ3n) is 9.79. The van der Waals surface area contributed by atoms with Crippen LogP contribution in [-0.2, 0) is 0 Å². The van der Waals surface area contributed by atoms with E-state index in [1.807, 2.05) is 54.6 Å². The minimum Gasteiger partial charge on any atom is -0.545 e. The van der Waals surface area contributed by atoms with Crippen molar-refractivity contribution in [3.8, 4) is 62.5 Å². The lowest BCUT2D eigenvalue weighted by Crippen LogP contribution is -2.17. The SMILES string of the molecule is C1=Cc2c(ccc3c4ccccc4n(-c4cccc(-c5cccc(-c6nc(-c7ccccc7)nc(-c7ccccc7)[nH+]6)c5)c4)c23)[OH+]c2ccccc21. The smallest absolute Gasteiger partial charge is 0.308 e. The number of aromatic nitrogens is 4. The molecule has 1 aliphatic rings. The number of ether oxygens (including phenoxy) is 1. The number of nitrogens with zero attached hydrogens (tertiary/aromatic N) is 3. The average molecular weight is 669 g/mol. The lowest BCUT2D eigenvalue weighted by molar-refractivity contribution is -0.359. The van der Waals surface area contributed by atoms with Crippen LogP contribution in [0.4, 0.5) is 0 Å². The van der Waals surface area contributed by atoms with Gasteiger partial charge in [-0.25, -0.2) is 4.98 Å². The molecule has 2 N–H and O–H groups in total. The lowest BCUT2D eigenvalue weighted by atomic mass is 10.0. The lowest BCUT2D eigenvalue weighted by Gasteiger charge is -2.13. The van der Waals surface area contributed by atoms with Gasteiger partial charge in [-0.2, -0.15) is 0 Å². The van der Waals surface area contributed by atoms with Crippen molar-refractivity contribution in [2.75, 3.05) is 0 Å². The highest BCUT2D eigenvalue weighted by molar-refractivity contribution is 6.13. The molecule has 0 aliphatic carbocycles. The van der Waals surface area contributed by atoms with E-state index in [4.69, 9.17) is 14.7 Å². The van der Waals surface area contributed by atoms with Crippen LogP contribution in [0.15, 0.2) is 170 Å². The molecule has 5 nitrogen and oxygen atoms in total. The number of nitrogens with one attached hydrogen (secondary N) is 1. The monoisotopic (exact) mass is 668 g/mol. The molecule has 5 heteroatoms. The molecule has 0 saturated heterocycles. The van der Waals surface area contributed by atoms with E-state index < -0.39 is 0 Å². The van der Waals surface area contributed by atoms with Gasteiger partial charge in [0.05, 0.1) is 38.9 Å². The number of hydrogen-bond acceptors (Lipinski definition) is 2. The maximum Gasteiger partial charge on any atom is 0.308 e. The van der Waals surface area contributed by atoms with Crippen molar-refractivity contribution >= 4 is 34.0 Å². The van der Waals surface area contributed by atoms with Crippen LogP contribution in [0.25, 0.3) is 84.9 Å². The number of aromatic amines is 1. The van der Waals surface area contributed by atoms with E-state index in [1.165, 1.54) is 10.8 Å². The largest absolute Gasteiger partial charge is 0.545 e. The van der Waals surface area contributed by atoms with Gasteiger partial charge in [-0.3, -0.25) is 0 Å². The van der Waals surface area contributed by atoms with Gasteiger partial charge >= 0.3 is 5.82 Å². The first kappa shape index (κ1) is 29.8. The quantitative estimate of drug-likeness (QED) is 0.171. The van der Waals surface area contributed by atoms with Crippen molar-refractivity contribution in [1.29, 1.82) is 0 Å². The zero-order valence-corrected chi connectivity index (χ0v) is 28.1. The summed E-state index contributed by atoms with van der Waals surface area (Å²) < 4.78 is 7.52. The third-order valence-corrected chi connectivity index (χ3v) is 9.79. The molecule has 0 fully saturated rings. The van der Waals surface area contributed by atoms with Gasteiger partial charge < -0.3 is 9.30 Å². The fourth-order valence-corrected chi connectivity index (χ4v) is 7.30. The highest BCUT2D eigenvalue weighted by Crippen LogP contribution is 2.43. The predicted molar refractivity (Wildman–Crippen MR) is 211 cm³/mol. The normalized spacial score (nSPS) is 11.9. The van der Waals surface area contributed by atoms with Crippen molar-refractivity contribution in [1.82, 2.24) is 14.5 Å². The highest BCUT2D eigenvalue weighted by atomic mass is 16.5. The predicted octanol–water partition coefficient (Wildman–Crippen LogP) is 11.2. The molecule has 3 heterocycles. The fraction of sp³-hybridized carbons (Fsp3) is 0. The van der Waals surface area contributed by atoms with Gasteiger partial charge in [-0.15, -0.1) is 0 Å². The van der Waals surface area contributed by atoms with Crippen LogP contribution in [-0.4, -0.2) is 19.3 Å². The van der Waals surface area contributed by atoms with Crippen molar-refractivity contribution in [2.45, 2.75) is 0 Å². The van der Waals surface area contributed by atoms with E-state index in [-0.39, 0.29) is 0 Å². The molecule has 52 heavy (non-hydrogen) atoms. The Bertz CT molecular complexity index is 2760. The van der Waals surface area contributed by atoms with E-state index in [0.29, 0.717) is 5.82 Å². The number of fused-ring (bicyclic) bond motifs is 6.